The molecule has 4 heteroatoms. The first kappa shape index (κ1) is 26.5. The van der Waals surface area contributed by atoms with Crippen molar-refractivity contribution >= 4 is 21.8 Å². The SMILES string of the molecule is CC1(C)c2ccccc2-c2ccc3c(c21)c1ccccc1n3-c1nc(-c2ccccc2)nc(-c2cccc(-c3ccccc3)c2)n1. The summed E-state index contributed by atoms with van der Waals surface area (Å²) in [5.41, 5.74) is 11.5. The summed E-state index contributed by atoms with van der Waals surface area (Å²) in [6, 6.07) is 51.0. The molecular formula is C42H30N4. The van der Waals surface area contributed by atoms with Gasteiger partial charge < -0.3 is 0 Å². The molecule has 0 amide bonds. The minimum absolute atomic E-state index is 0.155. The summed E-state index contributed by atoms with van der Waals surface area (Å²) in [5, 5.41) is 2.45. The Kier molecular flexibility index (Phi) is 5.81. The van der Waals surface area contributed by atoms with Crippen molar-refractivity contribution in [3.05, 3.63) is 157 Å². The number of aromatic nitrogens is 4. The Balaban J connectivity index is 1.33. The summed E-state index contributed by atoms with van der Waals surface area (Å²) in [6.07, 6.45) is 0. The number of fused-ring (bicyclic) bond motifs is 7. The lowest BCUT2D eigenvalue weighted by Gasteiger charge is -2.22. The van der Waals surface area contributed by atoms with Crippen LogP contribution in [0.4, 0.5) is 0 Å². The summed E-state index contributed by atoms with van der Waals surface area (Å²) in [6.45, 7) is 4.69. The van der Waals surface area contributed by atoms with Gasteiger partial charge in [-0.25, -0.2) is 4.98 Å². The van der Waals surface area contributed by atoms with Crippen LogP contribution in [0, 0.1) is 0 Å². The maximum Gasteiger partial charge on any atom is 0.238 e. The number of rotatable bonds is 4. The van der Waals surface area contributed by atoms with Crippen molar-refractivity contribution in [2.24, 2.45) is 0 Å². The monoisotopic (exact) mass is 590 g/mol. The number of nitrogens with zero attached hydrogens (tertiary/aromatic N) is 4. The van der Waals surface area contributed by atoms with E-state index in [2.05, 4.69) is 140 Å². The molecule has 0 N–H and O–H groups in total. The van der Waals surface area contributed by atoms with Gasteiger partial charge in [-0.2, -0.15) is 9.97 Å². The van der Waals surface area contributed by atoms with E-state index in [9.17, 15) is 0 Å². The van der Waals surface area contributed by atoms with Gasteiger partial charge in [0.05, 0.1) is 11.0 Å². The molecule has 6 aromatic carbocycles. The summed E-state index contributed by atoms with van der Waals surface area (Å²) in [4.78, 5) is 15.4. The average Bonchev–Trinajstić information content (AvgIpc) is 3.57. The van der Waals surface area contributed by atoms with Crippen LogP contribution in [-0.2, 0) is 5.41 Å². The molecule has 8 aromatic rings. The van der Waals surface area contributed by atoms with Crippen LogP contribution in [0.1, 0.15) is 25.0 Å². The first-order valence-electron chi connectivity index (χ1n) is 15.7. The predicted molar refractivity (Wildman–Crippen MR) is 188 cm³/mol. The lowest BCUT2D eigenvalue weighted by Crippen LogP contribution is -2.15. The number of benzene rings is 6. The lowest BCUT2D eigenvalue weighted by molar-refractivity contribution is 0.666. The van der Waals surface area contributed by atoms with E-state index in [1.807, 2.05) is 24.3 Å². The van der Waals surface area contributed by atoms with E-state index >= 15 is 0 Å². The molecule has 0 spiro atoms. The summed E-state index contributed by atoms with van der Waals surface area (Å²) in [7, 11) is 0. The summed E-state index contributed by atoms with van der Waals surface area (Å²) in [5.74, 6) is 1.89. The Morgan fingerprint density at radius 3 is 1.91 bits per heavy atom. The molecule has 0 saturated carbocycles. The van der Waals surface area contributed by atoms with Crippen LogP contribution in [0.5, 0.6) is 0 Å². The standard InChI is InChI=1S/C42H30N4/c1-42(2)34-22-11-9-20-31(34)32-24-25-36-37(38(32)42)33-21-10-12-23-35(33)46(36)41-44-39(28-16-7-4-8-17-28)43-40(45-41)30-19-13-18-29(26-30)27-14-5-3-6-15-27/h3-26H,1-2H3. The van der Waals surface area contributed by atoms with E-state index in [-0.39, 0.29) is 5.41 Å². The predicted octanol–water partition coefficient (Wildman–Crippen LogP) is 10.3. The molecule has 0 unspecified atom stereocenters. The Bertz CT molecular complexity index is 2440. The Morgan fingerprint density at radius 2 is 1.11 bits per heavy atom. The zero-order valence-corrected chi connectivity index (χ0v) is 25.6. The van der Waals surface area contributed by atoms with E-state index < -0.39 is 0 Å². The minimum Gasteiger partial charge on any atom is -0.278 e. The van der Waals surface area contributed by atoms with Gasteiger partial charge in [0.15, 0.2) is 11.6 Å². The van der Waals surface area contributed by atoms with E-state index in [0.29, 0.717) is 17.6 Å². The molecule has 2 aromatic heterocycles. The highest BCUT2D eigenvalue weighted by atomic mass is 15.2. The summed E-state index contributed by atoms with van der Waals surface area (Å²) < 4.78 is 2.22. The third-order valence-corrected chi connectivity index (χ3v) is 9.44. The third kappa shape index (κ3) is 3.97. The molecule has 2 heterocycles. The molecule has 1 aliphatic carbocycles. The van der Waals surface area contributed by atoms with E-state index in [4.69, 9.17) is 15.0 Å². The molecule has 0 fully saturated rings. The van der Waals surface area contributed by atoms with Gasteiger partial charge >= 0.3 is 0 Å². The molecule has 0 saturated heterocycles. The molecule has 46 heavy (non-hydrogen) atoms. The van der Waals surface area contributed by atoms with Gasteiger partial charge in [-0.05, 0) is 51.6 Å². The van der Waals surface area contributed by atoms with Crippen molar-refractivity contribution in [1.29, 1.82) is 0 Å². The van der Waals surface area contributed by atoms with Gasteiger partial charge in [-0.1, -0.05) is 141 Å². The van der Waals surface area contributed by atoms with Crippen LogP contribution in [0.15, 0.2) is 146 Å². The first-order chi connectivity index (χ1) is 22.6. The number of para-hydroxylation sites is 1. The minimum atomic E-state index is -0.155. The molecule has 0 bridgehead atoms. The average molecular weight is 591 g/mol. The van der Waals surface area contributed by atoms with E-state index in [0.717, 1.165) is 33.3 Å². The molecule has 0 aliphatic heterocycles. The smallest absolute Gasteiger partial charge is 0.238 e. The second kappa shape index (κ2) is 10.1. The van der Waals surface area contributed by atoms with Crippen molar-refractivity contribution < 1.29 is 0 Å². The van der Waals surface area contributed by atoms with Crippen molar-refractivity contribution in [2.75, 3.05) is 0 Å². The highest BCUT2D eigenvalue weighted by Gasteiger charge is 2.38. The molecule has 9 rings (SSSR count). The van der Waals surface area contributed by atoms with Gasteiger partial charge in [0.1, 0.15) is 0 Å². The van der Waals surface area contributed by atoms with Crippen molar-refractivity contribution in [3.8, 4) is 51.0 Å². The van der Waals surface area contributed by atoms with Crippen LogP contribution >= 0.6 is 0 Å². The Labute approximate surface area is 267 Å². The van der Waals surface area contributed by atoms with Crippen LogP contribution in [-0.4, -0.2) is 19.5 Å². The van der Waals surface area contributed by atoms with Gasteiger partial charge in [-0.15, -0.1) is 0 Å². The molecular weight excluding hydrogens is 560 g/mol. The third-order valence-electron chi connectivity index (χ3n) is 9.44. The molecule has 0 atom stereocenters. The quantitative estimate of drug-likeness (QED) is 0.205. The van der Waals surface area contributed by atoms with Crippen molar-refractivity contribution in [1.82, 2.24) is 19.5 Å². The largest absolute Gasteiger partial charge is 0.278 e. The Hall–Kier alpha value is -5.87. The summed E-state index contributed by atoms with van der Waals surface area (Å²) >= 11 is 0. The van der Waals surface area contributed by atoms with Crippen LogP contribution in [0.25, 0.3) is 72.8 Å². The highest BCUT2D eigenvalue weighted by Crippen LogP contribution is 2.53. The van der Waals surface area contributed by atoms with Crippen LogP contribution in [0.2, 0.25) is 0 Å². The zero-order chi connectivity index (χ0) is 30.8. The number of hydrogen-bond donors (Lipinski definition) is 0. The second-order valence-corrected chi connectivity index (χ2v) is 12.5. The van der Waals surface area contributed by atoms with Gasteiger partial charge in [0.25, 0.3) is 0 Å². The van der Waals surface area contributed by atoms with Crippen molar-refractivity contribution in [2.45, 2.75) is 19.3 Å². The highest BCUT2D eigenvalue weighted by molar-refractivity contribution is 6.14. The lowest BCUT2D eigenvalue weighted by atomic mass is 9.80. The van der Waals surface area contributed by atoms with E-state index in [1.165, 1.54) is 33.0 Å². The zero-order valence-electron chi connectivity index (χ0n) is 25.6. The maximum atomic E-state index is 5.22. The van der Waals surface area contributed by atoms with E-state index in [1.54, 1.807) is 0 Å². The van der Waals surface area contributed by atoms with Gasteiger partial charge in [0, 0.05) is 27.3 Å². The normalized spacial score (nSPS) is 13.2. The fourth-order valence-electron chi connectivity index (χ4n) is 7.33. The van der Waals surface area contributed by atoms with Gasteiger partial charge in [0.2, 0.25) is 5.95 Å². The molecule has 218 valence electrons. The second-order valence-electron chi connectivity index (χ2n) is 12.5. The topological polar surface area (TPSA) is 43.6 Å². The fraction of sp³-hybridized carbons (Fsp3) is 0.0714. The van der Waals surface area contributed by atoms with Gasteiger partial charge in [-0.3, -0.25) is 4.57 Å². The maximum absolute atomic E-state index is 5.22. The van der Waals surface area contributed by atoms with Crippen molar-refractivity contribution in [3.63, 3.8) is 0 Å². The Morgan fingerprint density at radius 1 is 0.478 bits per heavy atom. The molecule has 1 aliphatic rings. The first-order valence-corrected chi connectivity index (χ1v) is 15.7. The fourth-order valence-corrected chi connectivity index (χ4v) is 7.33. The molecule has 4 nitrogen and oxygen atoms in total. The number of hydrogen-bond acceptors (Lipinski definition) is 3. The van der Waals surface area contributed by atoms with Crippen LogP contribution in [0.3, 0.4) is 0 Å². The van der Waals surface area contributed by atoms with Crippen LogP contribution < -0.4 is 0 Å². The molecule has 0 radical (unpaired) electrons.